The van der Waals surface area contributed by atoms with Gasteiger partial charge in [0.15, 0.2) is 5.78 Å². The number of allylic oxidation sites excluding steroid dienone is 2. The fourth-order valence-electron chi connectivity index (χ4n) is 8.41. The van der Waals surface area contributed by atoms with E-state index in [0.717, 1.165) is 37.7 Å². The van der Waals surface area contributed by atoms with Gasteiger partial charge in [0.05, 0.1) is 11.5 Å². The van der Waals surface area contributed by atoms with Crippen molar-refractivity contribution >= 4 is 11.8 Å². The van der Waals surface area contributed by atoms with Crippen LogP contribution in [-0.4, -0.2) is 27.6 Å². The minimum atomic E-state index is -1.09. The van der Waals surface area contributed by atoms with E-state index in [4.69, 9.17) is 0 Å². The number of carbonyl (C=O) groups excluding carboxylic acids is 1. The average Bonchev–Trinajstić information content (AvgIpc) is 3.10. The van der Waals surface area contributed by atoms with Crippen LogP contribution in [-0.2, 0) is 16.0 Å². The molecule has 0 spiro atoms. The van der Waals surface area contributed by atoms with E-state index in [1.54, 1.807) is 0 Å². The zero-order valence-corrected chi connectivity index (χ0v) is 20.8. The number of carboxylic acid groups (broad SMARTS) is 1. The van der Waals surface area contributed by atoms with Gasteiger partial charge in [-0.15, -0.1) is 0 Å². The molecule has 3 saturated carbocycles. The summed E-state index contributed by atoms with van der Waals surface area (Å²) in [4.78, 5) is 24.2. The molecule has 0 heterocycles. The molecule has 0 radical (unpaired) electrons. The third-order valence-corrected chi connectivity index (χ3v) is 10.1. The van der Waals surface area contributed by atoms with E-state index >= 15 is 0 Å². The quantitative estimate of drug-likeness (QED) is 0.502. The van der Waals surface area contributed by atoms with Crippen LogP contribution in [0.3, 0.4) is 0 Å². The molecule has 4 aliphatic rings. The van der Waals surface area contributed by atoms with Crippen molar-refractivity contribution in [2.24, 2.45) is 35.0 Å². The average molecular weight is 475 g/mol. The lowest BCUT2D eigenvalue weighted by Crippen LogP contribution is -2.54. The molecule has 0 bridgehead atoms. The van der Waals surface area contributed by atoms with Gasteiger partial charge in [-0.2, -0.15) is 0 Å². The Morgan fingerprint density at radius 2 is 1.91 bits per heavy atom. The molecule has 4 aliphatic carbocycles. The molecule has 2 N–H and O–H groups in total. The van der Waals surface area contributed by atoms with Gasteiger partial charge in [0.2, 0.25) is 0 Å². The zero-order valence-electron chi connectivity index (χ0n) is 20.8. The smallest absolute Gasteiger partial charge is 0.307 e. The standard InChI is InChI=1S/C31H38O4/c1-19-18-30(3)27(26-11-9-22-17-24(32)10-12-25(22)28(19)26)13-14-31(30,35)20(2)15-23(29(33)34)16-21-7-5-4-6-8-21/h4-8,17,23,25-28,35H,1-2,9-16,18H2,3H3,(H,33,34)/t23-,25+,26+,27+,28-,30+,31-/m1/s1. The maximum absolute atomic E-state index is 12.2. The summed E-state index contributed by atoms with van der Waals surface area (Å²) in [6.07, 6.45) is 8.47. The summed E-state index contributed by atoms with van der Waals surface area (Å²) in [5.74, 6) is 0.428. The zero-order chi connectivity index (χ0) is 25.0. The predicted molar refractivity (Wildman–Crippen MR) is 137 cm³/mol. The Morgan fingerprint density at radius 1 is 1.17 bits per heavy atom. The van der Waals surface area contributed by atoms with Gasteiger partial charge in [-0.3, -0.25) is 9.59 Å². The topological polar surface area (TPSA) is 74.6 Å². The first-order valence-corrected chi connectivity index (χ1v) is 13.2. The van der Waals surface area contributed by atoms with Crippen LogP contribution in [0, 0.1) is 35.0 Å². The van der Waals surface area contributed by atoms with Crippen LogP contribution in [0.1, 0.15) is 63.9 Å². The summed E-state index contributed by atoms with van der Waals surface area (Å²) in [6.45, 7) is 11.1. The Bertz CT molecular complexity index is 1080. The van der Waals surface area contributed by atoms with Gasteiger partial charge in [-0.05, 0) is 92.3 Å². The molecule has 0 saturated heterocycles. The molecule has 4 heteroatoms. The molecular weight excluding hydrogens is 436 g/mol. The molecule has 0 amide bonds. The van der Waals surface area contributed by atoms with Crippen LogP contribution in [0.4, 0.5) is 0 Å². The van der Waals surface area contributed by atoms with E-state index in [1.165, 1.54) is 11.1 Å². The van der Waals surface area contributed by atoms with E-state index in [-0.39, 0.29) is 17.6 Å². The highest BCUT2D eigenvalue weighted by Crippen LogP contribution is 2.67. The van der Waals surface area contributed by atoms with E-state index in [0.29, 0.717) is 48.5 Å². The van der Waals surface area contributed by atoms with E-state index < -0.39 is 17.5 Å². The number of hydrogen-bond donors (Lipinski definition) is 2. The van der Waals surface area contributed by atoms with E-state index in [9.17, 15) is 19.8 Å². The molecule has 0 unspecified atom stereocenters. The van der Waals surface area contributed by atoms with Gasteiger partial charge in [0.25, 0.3) is 0 Å². The Hall–Kier alpha value is -2.46. The van der Waals surface area contributed by atoms with Crippen molar-refractivity contribution in [1.29, 1.82) is 0 Å². The molecule has 0 aromatic heterocycles. The summed E-state index contributed by atoms with van der Waals surface area (Å²) in [6, 6.07) is 9.69. The van der Waals surface area contributed by atoms with Gasteiger partial charge in [0, 0.05) is 11.8 Å². The summed E-state index contributed by atoms with van der Waals surface area (Å²) >= 11 is 0. The molecule has 186 valence electrons. The monoisotopic (exact) mass is 474 g/mol. The third-order valence-electron chi connectivity index (χ3n) is 10.1. The number of ketones is 1. The van der Waals surface area contributed by atoms with Crippen molar-refractivity contribution in [2.75, 3.05) is 0 Å². The summed E-state index contributed by atoms with van der Waals surface area (Å²) < 4.78 is 0. The lowest BCUT2D eigenvalue weighted by molar-refractivity contribution is -0.142. The Labute approximate surface area is 208 Å². The highest BCUT2D eigenvalue weighted by Gasteiger charge is 2.64. The number of aliphatic hydroxyl groups is 1. The van der Waals surface area contributed by atoms with Crippen LogP contribution >= 0.6 is 0 Å². The molecule has 1 aromatic carbocycles. The number of carboxylic acids is 1. The Balaban J connectivity index is 1.38. The van der Waals surface area contributed by atoms with Crippen LogP contribution in [0.2, 0.25) is 0 Å². The van der Waals surface area contributed by atoms with Crippen molar-refractivity contribution < 1.29 is 19.8 Å². The normalized spacial score (nSPS) is 37.0. The molecule has 4 nitrogen and oxygen atoms in total. The maximum Gasteiger partial charge on any atom is 0.307 e. The predicted octanol–water partition coefficient (Wildman–Crippen LogP) is 5.92. The van der Waals surface area contributed by atoms with Crippen LogP contribution in [0.25, 0.3) is 0 Å². The molecule has 5 rings (SSSR count). The van der Waals surface area contributed by atoms with Gasteiger partial charge in [-0.25, -0.2) is 0 Å². The lowest BCUT2D eigenvalue weighted by Gasteiger charge is -2.57. The van der Waals surface area contributed by atoms with Crippen LogP contribution < -0.4 is 0 Å². The summed E-state index contributed by atoms with van der Waals surface area (Å²) in [7, 11) is 0. The largest absolute Gasteiger partial charge is 0.481 e. The lowest BCUT2D eigenvalue weighted by atomic mass is 9.48. The molecule has 1 aromatic rings. The minimum absolute atomic E-state index is 0.260. The fourth-order valence-corrected chi connectivity index (χ4v) is 8.41. The van der Waals surface area contributed by atoms with Crippen molar-refractivity contribution in [3.63, 3.8) is 0 Å². The second kappa shape index (κ2) is 8.89. The van der Waals surface area contributed by atoms with Gasteiger partial charge in [-0.1, -0.05) is 61.6 Å². The van der Waals surface area contributed by atoms with Crippen molar-refractivity contribution in [3.8, 4) is 0 Å². The number of hydrogen-bond acceptors (Lipinski definition) is 3. The van der Waals surface area contributed by atoms with Crippen molar-refractivity contribution in [3.05, 3.63) is 71.8 Å². The second-order valence-electron chi connectivity index (χ2n) is 11.8. The molecule has 3 fully saturated rings. The first-order valence-electron chi connectivity index (χ1n) is 13.2. The molecule has 0 aliphatic heterocycles. The van der Waals surface area contributed by atoms with Gasteiger partial charge < -0.3 is 10.2 Å². The van der Waals surface area contributed by atoms with Gasteiger partial charge in [0.1, 0.15) is 0 Å². The summed E-state index contributed by atoms with van der Waals surface area (Å²) in [5.41, 5.74) is 2.69. The molecule has 35 heavy (non-hydrogen) atoms. The SMILES string of the molecule is C=C1C[C@@]2(C)[C@@H](CC[C@@]2(O)C(=C)C[C@H](Cc2ccccc2)C(=O)O)[C@@H]2CCC3=CC(=O)CC[C@@H]3[C@@H]12. The molecular formula is C31H38O4. The van der Waals surface area contributed by atoms with Crippen molar-refractivity contribution in [2.45, 2.75) is 70.3 Å². The highest BCUT2D eigenvalue weighted by atomic mass is 16.4. The molecule has 7 atom stereocenters. The summed E-state index contributed by atoms with van der Waals surface area (Å²) in [5, 5.41) is 22.2. The first kappa shape index (κ1) is 24.2. The van der Waals surface area contributed by atoms with Crippen molar-refractivity contribution in [1.82, 2.24) is 0 Å². The number of rotatable bonds is 6. The van der Waals surface area contributed by atoms with Crippen LogP contribution in [0.5, 0.6) is 0 Å². The Morgan fingerprint density at radius 3 is 2.63 bits per heavy atom. The van der Waals surface area contributed by atoms with E-state index in [1.807, 2.05) is 36.4 Å². The number of aliphatic carboxylic acids is 1. The first-order chi connectivity index (χ1) is 16.6. The number of benzene rings is 1. The second-order valence-corrected chi connectivity index (χ2v) is 11.8. The van der Waals surface area contributed by atoms with Gasteiger partial charge >= 0.3 is 5.97 Å². The number of carbonyl (C=O) groups is 2. The van der Waals surface area contributed by atoms with Crippen LogP contribution in [0.15, 0.2) is 66.3 Å². The van der Waals surface area contributed by atoms with E-state index in [2.05, 4.69) is 20.1 Å². The minimum Gasteiger partial charge on any atom is -0.481 e. The highest BCUT2D eigenvalue weighted by molar-refractivity contribution is 5.91. The fraction of sp³-hybridized carbons (Fsp3) is 0.548. The Kier molecular flexibility index (Phi) is 6.15. The maximum atomic E-state index is 12.2. The third kappa shape index (κ3) is 3.94. The number of fused-ring (bicyclic) bond motifs is 5.